The Morgan fingerprint density at radius 2 is 2.22 bits per heavy atom. The first-order chi connectivity index (χ1) is 8.84. The van der Waals surface area contributed by atoms with E-state index in [0.717, 1.165) is 19.1 Å². The highest BCUT2D eigenvalue weighted by molar-refractivity contribution is 5.52. The van der Waals surface area contributed by atoms with E-state index in [0.29, 0.717) is 0 Å². The van der Waals surface area contributed by atoms with Gasteiger partial charge in [0, 0.05) is 12.6 Å². The minimum atomic E-state index is 0.746. The Hall–Kier alpha value is -1.12. The van der Waals surface area contributed by atoms with Gasteiger partial charge in [0.2, 0.25) is 0 Å². The van der Waals surface area contributed by atoms with Crippen LogP contribution in [-0.2, 0) is 0 Å². The van der Waals surface area contributed by atoms with Gasteiger partial charge in [-0.1, -0.05) is 42.0 Å². The van der Waals surface area contributed by atoms with E-state index in [4.69, 9.17) is 0 Å². The molecule has 1 unspecified atom stereocenters. The molecule has 2 N–H and O–H groups in total. The molecular formula is C16H24N2. The molecule has 0 radical (unpaired) electrons. The molecule has 0 spiro atoms. The SMILES string of the molecule is C/C(=C\c1ccccc1)CNCCC1CCCN1. The fraction of sp³-hybridized carbons (Fsp3) is 0.500. The Balaban J connectivity index is 1.65. The first kappa shape index (κ1) is 13.3. The summed E-state index contributed by atoms with van der Waals surface area (Å²) in [5.74, 6) is 0. The number of hydrogen-bond acceptors (Lipinski definition) is 2. The van der Waals surface area contributed by atoms with Gasteiger partial charge in [0.1, 0.15) is 0 Å². The van der Waals surface area contributed by atoms with Crippen molar-refractivity contribution in [2.75, 3.05) is 19.6 Å². The Bertz CT molecular complexity index is 364. The van der Waals surface area contributed by atoms with Crippen LogP contribution in [0.15, 0.2) is 35.9 Å². The molecule has 2 nitrogen and oxygen atoms in total. The van der Waals surface area contributed by atoms with Crippen molar-refractivity contribution in [3.05, 3.63) is 41.5 Å². The van der Waals surface area contributed by atoms with E-state index in [9.17, 15) is 0 Å². The summed E-state index contributed by atoms with van der Waals surface area (Å²) in [4.78, 5) is 0. The van der Waals surface area contributed by atoms with Crippen LogP contribution in [0.3, 0.4) is 0 Å². The molecule has 98 valence electrons. The molecule has 0 aromatic heterocycles. The number of nitrogens with one attached hydrogen (secondary N) is 2. The average Bonchev–Trinajstić information content (AvgIpc) is 2.89. The summed E-state index contributed by atoms with van der Waals surface area (Å²) in [6.07, 6.45) is 6.19. The summed E-state index contributed by atoms with van der Waals surface area (Å²) >= 11 is 0. The van der Waals surface area contributed by atoms with Crippen LogP contribution in [0.5, 0.6) is 0 Å². The highest BCUT2D eigenvalue weighted by Crippen LogP contribution is 2.08. The fourth-order valence-corrected chi connectivity index (χ4v) is 2.45. The van der Waals surface area contributed by atoms with Crippen LogP contribution in [0, 0.1) is 0 Å². The van der Waals surface area contributed by atoms with Gasteiger partial charge in [-0.2, -0.15) is 0 Å². The Kier molecular flexibility index (Phi) is 5.43. The zero-order valence-corrected chi connectivity index (χ0v) is 11.3. The van der Waals surface area contributed by atoms with Crippen LogP contribution < -0.4 is 10.6 Å². The van der Waals surface area contributed by atoms with E-state index in [1.54, 1.807) is 0 Å². The van der Waals surface area contributed by atoms with E-state index < -0.39 is 0 Å². The molecule has 1 aliphatic rings. The van der Waals surface area contributed by atoms with Crippen molar-refractivity contribution in [2.45, 2.75) is 32.2 Å². The van der Waals surface area contributed by atoms with Crippen LogP contribution in [0.2, 0.25) is 0 Å². The van der Waals surface area contributed by atoms with Crippen molar-refractivity contribution in [1.82, 2.24) is 10.6 Å². The molecule has 0 saturated carbocycles. The van der Waals surface area contributed by atoms with Gasteiger partial charge in [-0.15, -0.1) is 0 Å². The van der Waals surface area contributed by atoms with E-state index in [2.05, 4.69) is 54.0 Å². The maximum Gasteiger partial charge on any atom is 0.0165 e. The van der Waals surface area contributed by atoms with E-state index in [1.165, 1.54) is 36.9 Å². The lowest BCUT2D eigenvalue weighted by Gasteiger charge is -2.10. The summed E-state index contributed by atoms with van der Waals surface area (Å²) in [7, 11) is 0. The van der Waals surface area contributed by atoms with Crippen molar-refractivity contribution in [1.29, 1.82) is 0 Å². The molecule has 2 heteroatoms. The lowest BCUT2D eigenvalue weighted by atomic mass is 10.1. The zero-order valence-electron chi connectivity index (χ0n) is 11.3. The van der Waals surface area contributed by atoms with Gasteiger partial charge in [0.05, 0.1) is 0 Å². The second kappa shape index (κ2) is 7.34. The molecule has 0 amide bonds. The van der Waals surface area contributed by atoms with Crippen LogP contribution in [-0.4, -0.2) is 25.7 Å². The highest BCUT2D eigenvalue weighted by atomic mass is 14.9. The summed E-state index contributed by atoms with van der Waals surface area (Å²) in [5, 5.41) is 7.05. The van der Waals surface area contributed by atoms with Gasteiger partial charge in [-0.05, 0) is 44.8 Å². The smallest absolute Gasteiger partial charge is 0.0165 e. The quantitative estimate of drug-likeness (QED) is 0.752. The Labute approximate surface area is 110 Å². The Morgan fingerprint density at radius 3 is 2.94 bits per heavy atom. The van der Waals surface area contributed by atoms with E-state index in [1.807, 2.05) is 0 Å². The molecule has 1 aromatic rings. The Morgan fingerprint density at radius 1 is 1.39 bits per heavy atom. The monoisotopic (exact) mass is 244 g/mol. The third-order valence-corrected chi connectivity index (χ3v) is 3.45. The maximum atomic E-state index is 3.53. The van der Waals surface area contributed by atoms with Crippen LogP contribution >= 0.6 is 0 Å². The first-order valence-corrected chi connectivity index (χ1v) is 7.01. The number of benzene rings is 1. The van der Waals surface area contributed by atoms with Gasteiger partial charge in [0.15, 0.2) is 0 Å². The van der Waals surface area contributed by atoms with Crippen molar-refractivity contribution < 1.29 is 0 Å². The molecule has 1 fully saturated rings. The van der Waals surface area contributed by atoms with Crippen LogP contribution in [0.4, 0.5) is 0 Å². The summed E-state index contributed by atoms with van der Waals surface area (Å²) in [5.41, 5.74) is 2.68. The third-order valence-electron chi connectivity index (χ3n) is 3.45. The lowest BCUT2D eigenvalue weighted by Crippen LogP contribution is -2.27. The molecule has 1 aliphatic heterocycles. The molecule has 1 aromatic carbocycles. The second-order valence-electron chi connectivity index (χ2n) is 5.16. The topological polar surface area (TPSA) is 24.1 Å². The third kappa shape index (κ3) is 4.63. The molecule has 2 rings (SSSR count). The largest absolute Gasteiger partial charge is 0.314 e. The van der Waals surface area contributed by atoms with Gasteiger partial charge in [-0.3, -0.25) is 0 Å². The maximum absolute atomic E-state index is 3.53. The van der Waals surface area contributed by atoms with Crippen molar-refractivity contribution in [3.8, 4) is 0 Å². The second-order valence-corrected chi connectivity index (χ2v) is 5.16. The van der Waals surface area contributed by atoms with Crippen LogP contribution in [0.1, 0.15) is 31.7 Å². The van der Waals surface area contributed by atoms with Crippen molar-refractivity contribution in [3.63, 3.8) is 0 Å². The van der Waals surface area contributed by atoms with Gasteiger partial charge in [0.25, 0.3) is 0 Å². The molecule has 1 saturated heterocycles. The standard InChI is InChI=1S/C16H24N2/c1-14(12-15-6-3-2-4-7-15)13-17-11-9-16-8-5-10-18-16/h2-4,6-7,12,16-18H,5,8-11,13H2,1H3/b14-12+. The van der Waals surface area contributed by atoms with Gasteiger partial charge >= 0.3 is 0 Å². The van der Waals surface area contributed by atoms with Gasteiger partial charge in [-0.25, -0.2) is 0 Å². The van der Waals surface area contributed by atoms with E-state index in [-0.39, 0.29) is 0 Å². The molecule has 1 heterocycles. The first-order valence-electron chi connectivity index (χ1n) is 7.01. The van der Waals surface area contributed by atoms with Crippen LogP contribution in [0.25, 0.3) is 6.08 Å². The highest BCUT2D eigenvalue weighted by Gasteiger charge is 2.12. The number of rotatable bonds is 6. The minimum Gasteiger partial charge on any atom is -0.314 e. The molecule has 0 aliphatic carbocycles. The molecule has 1 atom stereocenters. The lowest BCUT2D eigenvalue weighted by molar-refractivity contribution is 0.533. The van der Waals surface area contributed by atoms with Gasteiger partial charge < -0.3 is 10.6 Å². The predicted octanol–water partition coefficient (Wildman–Crippen LogP) is 2.82. The van der Waals surface area contributed by atoms with E-state index >= 15 is 0 Å². The molecular weight excluding hydrogens is 220 g/mol. The van der Waals surface area contributed by atoms with Crippen molar-refractivity contribution >= 4 is 6.08 Å². The fourth-order valence-electron chi connectivity index (χ4n) is 2.45. The number of hydrogen-bond donors (Lipinski definition) is 2. The van der Waals surface area contributed by atoms with Crippen molar-refractivity contribution in [2.24, 2.45) is 0 Å². The minimum absolute atomic E-state index is 0.746. The summed E-state index contributed by atoms with van der Waals surface area (Å²) in [6, 6.07) is 11.3. The normalized spacial score (nSPS) is 20.3. The summed E-state index contributed by atoms with van der Waals surface area (Å²) in [6.45, 7) is 5.49. The predicted molar refractivity (Wildman–Crippen MR) is 78.6 cm³/mol. The zero-order chi connectivity index (χ0) is 12.6. The average molecular weight is 244 g/mol. The summed E-state index contributed by atoms with van der Waals surface area (Å²) < 4.78 is 0. The molecule has 0 bridgehead atoms. The molecule has 18 heavy (non-hydrogen) atoms.